The average molecular weight is 348 g/mol. The molecule has 24 heavy (non-hydrogen) atoms. The molecule has 3 rings (SSSR count). The summed E-state index contributed by atoms with van der Waals surface area (Å²) in [7, 11) is 1.84. The number of hydrogen-bond acceptors (Lipinski definition) is 4. The first kappa shape index (κ1) is 16.9. The molecule has 0 saturated carbocycles. The van der Waals surface area contributed by atoms with E-state index in [1.807, 2.05) is 32.2 Å². The molecule has 2 aromatic rings. The van der Waals surface area contributed by atoms with E-state index in [0.717, 1.165) is 36.3 Å². The van der Waals surface area contributed by atoms with Gasteiger partial charge in [-0.15, -0.1) is 0 Å². The fourth-order valence-corrected chi connectivity index (χ4v) is 3.60. The molecule has 1 atom stereocenters. The van der Waals surface area contributed by atoms with Crippen LogP contribution in [0.15, 0.2) is 24.4 Å². The lowest BCUT2D eigenvalue weighted by molar-refractivity contribution is -0.122. The van der Waals surface area contributed by atoms with E-state index in [2.05, 4.69) is 20.3 Å². The third-order valence-corrected chi connectivity index (χ3v) is 4.88. The fourth-order valence-electron chi connectivity index (χ4n) is 3.30. The molecule has 0 aromatic carbocycles. The first-order valence-electron chi connectivity index (χ1n) is 8.16. The predicted molar refractivity (Wildman–Crippen MR) is 92.6 cm³/mol. The maximum atomic E-state index is 12.3. The number of pyridine rings is 1. The van der Waals surface area contributed by atoms with Crippen molar-refractivity contribution in [2.24, 2.45) is 7.05 Å². The second-order valence-corrected chi connectivity index (χ2v) is 6.50. The van der Waals surface area contributed by atoms with E-state index < -0.39 is 0 Å². The molecule has 0 bridgehead atoms. The number of nitrogens with zero attached hydrogens (tertiary/aromatic N) is 4. The molecule has 1 aliphatic heterocycles. The maximum absolute atomic E-state index is 12.3. The van der Waals surface area contributed by atoms with Crippen molar-refractivity contribution in [3.05, 3.63) is 46.5 Å². The summed E-state index contributed by atoms with van der Waals surface area (Å²) in [5.41, 5.74) is 2.84. The molecule has 0 unspecified atom stereocenters. The lowest BCUT2D eigenvalue weighted by atomic mass is 10.1. The summed E-state index contributed by atoms with van der Waals surface area (Å²) in [5, 5.41) is 7.99. The Labute approximate surface area is 146 Å². The number of carbonyl (C=O) groups is 1. The van der Waals surface area contributed by atoms with Crippen molar-refractivity contribution in [3.63, 3.8) is 0 Å². The van der Waals surface area contributed by atoms with Crippen molar-refractivity contribution < 1.29 is 4.79 Å². The van der Waals surface area contributed by atoms with Gasteiger partial charge in [0, 0.05) is 24.8 Å². The molecule has 1 saturated heterocycles. The monoisotopic (exact) mass is 347 g/mol. The molecule has 3 heterocycles. The fraction of sp³-hybridized carbons (Fsp3) is 0.471. The first-order valence-corrected chi connectivity index (χ1v) is 8.53. The quantitative estimate of drug-likeness (QED) is 0.901. The van der Waals surface area contributed by atoms with E-state index in [1.54, 1.807) is 10.9 Å². The second-order valence-electron chi connectivity index (χ2n) is 6.14. The van der Waals surface area contributed by atoms with Crippen LogP contribution in [0.5, 0.6) is 0 Å². The van der Waals surface area contributed by atoms with Crippen LogP contribution in [0.1, 0.15) is 35.8 Å². The van der Waals surface area contributed by atoms with E-state index >= 15 is 0 Å². The van der Waals surface area contributed by atoms with Crippen LogP contribution in [-0.4, -0.2) is 38.7 Å². The number of aryl methyl sites for hydroxylation is 2. The van der Waals surface area contributed by atoms with E-state index in [4.69, 9.17) is 11.6 Å². The Bertz CT molecular complexity index is 715. The highest BCUT2D eigenvalue weighted by molar-refractivity contribution is 6.30. The number of nitrogens with one attached hydrogen (secondary N) is 1. The Morgan fingerprint density at radius 3 is 2.96 bits per heavy atom. The molecule has 0 spiro atoms. The van der Waals surface area contributed by atoms with Crippen molar-refractivity contribution in [2.75, 3.05) is 13.1 Å². The lowest BCUT2D eigenvalue weighted by Gasteiger charge is -2.24. The van der Waals surface area contributed by atoms with Crippen molar-refractivity contribution in [1.82, 2.24) is 25.0 Å². The molecule has 1 fully saturated rings. The highest BCUT2D eigenvalue weighted by atomic mass is 35.5. The molecule has 0 aliphatic carbocycles. The third kappa shape index (κ3) is 3.60. The van der Waals surface area contributed by atoms with Crippen LogP contribution in [-0.2, 0) is 18.4 Å². The molecule has 1 aliphatic rings. The van der Waals surface area contributed by atoms with Gasteiger partial charge in [-0.2, -0.15) is 5.10 Å². The molecular formula is C17H22ClN5O. The Hall–Kier alpha value is -1.92. The number of likely N-dealkylation sites (tertiary alicyclic amines) is 1. The van der Waals surface area contributed by atoms with Crippen LogP contribution in [0.3, 0.4) is 0 Å². The minimum Gasteiger partial charge on any atom is -0.349 e. The van der Waals surface area contributed by atoms with Gasteiger partial charge in [0.15, 0.2) is 0 Å². The van der Waals surface area contributed by atoms with Crippen molar-refractivity contribution >= 4 is 17.5 Å². The lowest BCUT2D eigenvalue weighted by Crippen LogP contribution is -2.36. The number of amides is 1. The van der Waals surface area contributed by atoms with Gasteiger partial charge in [-0.1, -0.05) is 17.7 Å². The Kier molecular flexibility index (Phi) is 5.16. The zero-order valence-electron chi connectivity index (χ0n) is 14.0. The van der Waals surface area contributed by atoms with Gasteiger partial charge in [0.05, 0.1) is 24.5 Å². The summed E-state index contributed by atoms with van der Waals surface area (Å²) in [6.07, 6.45) is 3.79. The third-order valence-electron chi connectivity index (χ3n) is 4.43. The van der Waals surface area contributed by atoms with Crippen molar-refractivity contribution in [3.8, 4) is 0 Å². The topological polar surface area (TPSA) is 63.1 Å². The van der Waals surface area contributed by atoms with E-state index in [1.165, 1.54) is 0 Å². The van der Waals surface area contributed by atoms with Gasteiger partial charge >= 0.3 is 0 Å². The molecule has 6 nitrogen and oxygen atoms in total. The molecule has 128 valence electrons. The minimum atomic E-state index is 0.00483. The van der Waals surface area contributed by atoms with Crippen molar-refractivity contribution in [1.29, 1.82) is 0 Å². The van der Waals surface area contributed by atoms with Gasteiger partial charge in [0.2, 0.25) is 5.91 Å². The van der Waals surface area contributed by atoms with Gasteiger partial charge in [0.1, 0.15) is 5.15 Å². The largest absolute Gasteiger partial charge is 0.349 e. The van der Waals surface area contributed by atoms with E-state index in [-0.39, 0.29) is 11.9 Å². The Morgan fingerprint density at radius 1 is 1.46 bits per heavy atom. The summed E-state index contributed by atoms with van der Waals surface area (Å²) in [6.45, 7) is 3.68. The van der Waals surface area contributed by atoms with Crippen LogP contribution in [0.25, 0.3) is 0 Å². The van der Waals surface area contributed by atoms with Gasteiger partial charge in [0.25, 0.3) is 0 Å². The normalized spacial score (nSPS) is 18.0. The molecular weight excluding hydrogens is 326 g/mol. The second kappa shape index (κ2) is 7.32. The molecule has 2 aromatic heterocycles. The Balaban J connectivity index is 1.62. The van der Waals surface area contributed by atoms with Gasteiger partial charge in [-0.05, 0) is 38.4 Å². The number of halogens is 1. The highest BCUT2D eigenvalue weighted by Crippen LogP contribution is 2.37. The molecule has 1 N–H and O–H groups in total. The Morgan fingerprint density at radius 2 is 2.29 bits per heavy atom. The maximum Gasteiger partial charge on any atom is 0.234 e. The van der Waals surface area contributed by atoms with Gasteiger partial charge in [-0.25, -0.2) is 0 Å². The average Bonchev–Trinajstić information content (AvgIpc) is 3.11. The van der Waals surface area contributed by atoms with Crippen LogP contribution in [0.4, 0.5) is 0 Å². The zero-order chi connectivity index (χ0) is 17.1. The summed E-state index contributed by atoms with van der Waals surface area (Å²) in [6, 6.07) is 5.84. The molecule has 1 amide bonds. The molecule has 7 heteroatoms. The summed E-state index contributed by atoms with van der Waals surface area (Å²) in [4.78, 5) is 18.7. The number of hydrogen-bond donors (Lipinski definition) is 1. The van der Waals surface area contributed by atoms with Gasteiger partial charge < -0.3 is 5.32 Å². The van der Waals surface area contributed by atoms with Crippen LogP contribution < -0.4 is 5.32 Å². The summed E-state index contributed by atoms with van der Waals surface area (Å²) < 4.78 is 1.70. The number of carbonyl (C=O) groups excluding carboxylic acids is 1. The minimum absolute atomic E-state index is 0.00483. The highest BCUT2D eigenvalue weighted by Gasteiger charge is 2.32. The van der Waals surface area contributed by atoms with E-state index in [9.17, 15) is 4.79 Å². The standard InChI is InChI=1S/C17H22ClN5O/c1-12-16(17(18)22(2)21-12)14-7-5-9-23(14)11-15(24)20-10-13-6-3-4-8-19-13/h3-4,6,8,14H,5,7,9-11H2,1-2H3,(H,20,24)/t14-/m0/s1. The first-order chi connectivity index (χ1) is 11.6. The van der Waals surface area contributed by atoms with Crippen molar-refractivity contribution in [2.45, 2.75) is 32.4 Å². The zero-order valence-corrected chi connectivity index (χ0v) is 14.8. The molecule has 0 radical (unpaired) electrons. The van der Waals surface area contributed by atoms with Crippen LogP contribution >= 0.6 is 11.6 Å². The SMILES string of the molecule is Cc1nn(C)c(Cl)c1[C@@H]1CCCN1CC(=O)NCc1ccccn1. The smallest absolute Gasteiger partial charge is 0.234 e. The van der Waals surface area contributed by atoms with E-state index in [0.29, 0.717) is 18.2 Å². The van der Waals surface area contributed by atoms with Gasteiger partial charge in [-0.3, -0.25) is 19.4 Å². The predicted octanol–water partition coefficient (Wildman–Crippen LogP) is 2.23. The number of aromatic nitrogens is 3. The van der Waals surface area contributed by atoms with Crippen LogP contribution in [0.2, 0.25) is 5.15 Å². The van der Waals surface area contributed by atoms with Crippen LogP contribution in [0, 0.1) is 6.92 Å². The summed E-state index contributed by atoms with van der Waals surface area (Å²) >= 11 is 6.40. The summed E-state index contributed by atoms with van der Waals surface area (Å²) in [5.74, 6) is 0.00483. The number of rotatable bonds is 5.